The molecule has 0 amide bonds. The number of hydrogen-bond acceptors (Lipinski definition) is 2. The summed E-state index contributed by atoms with van der Waals surface area (Å²) in [5, 5.41) is 7.13. The number of anilines is 2. The fraction of sp³-hybridized carbons (Fsp3) is 0.0833. The van der Waals surface area contributed by atoms with E-state index in [0.29, 0.717) is 0 Å². The molecule has 0 bridgehead atoms. The maximum atomic E-state index is 3.56. The molecule has 2 aromatic rings. The van der Waals surface area contributed by atoms with Crippen LogP contribution in [-0.4, -0.2) is 7.09 Å². The molecule has 0 saturated heterocycles. The van der Waals surface area contributed by atoms with Gasteiger partial charge in [0.2, 0.25) is 0 Å². The molecule has 0 atom stereocenters. The molecule has 0 saturated carbocycles. The highest BCUT2D eigenvalue weighted by atomic mass is 127. The van der Waals surface area contributed by atoms with Crippen molar-refractivity contribution >= 4 is 56.6 Å². The highest BCUT2D eigenvalue weighted by Gasteiger charge is 2.24. The van der Waals surface area contributed by atoms with Crippen LogP contribution in [0.4, 0.5) is 11.4 Å². The minimum atomic E-state index is -0.215. The predicted molar refractivity (Wildman–Crippen MR) is 137 cm³/mol. The topological polar surface area (TPSA) is 24.1 Å². The largest absolute Gasteiger partial charge is 0.365 e. The van der Waals surface area contributed by atoms with Gasteiger partial charge in [-0.1, -0.05) is 60.7 Å². The van der Waals surface area contributed by atoms with Crippen molar-refractivity contribution in [2.75, 3.05) is 10.6 Å². The number of nitrogens with one attached hydrogen (secondary N) is 2. The molecule has 2 nitrogen and oxygen atoms in total. The fourth-order valence-corrected chi connectivity index (χ4v) is 4.45. The lowest BCUT2D eigenvalue weighted by Crippen LogP contribution is -2.28. The zero-order valence-corrected chi connectivity index (χ0v) is 19.5. The molecule has 0 radical (unpaired) electrons. The number of benzene rings is 2. The first-order chi connectivity index (χ1) is 13.5. The van der Waals surface area contributed by atoms with Crippen LogP contribution in [0.3, 0.4) is 0 Å². The maximum absolute atomic E-state index is 3.56. The smallest absolute Gasteiger partial charge is 0.127 e. The van der Waals surface area contributed by atoms with Crippen molar-refractivity contribution in [3.8, 4) is 0 Å². The molecule has 4 heteroatoms. The van der Waals surface area contributed by atoms with Gasteiger partial charge < -0.3 is 10.6 Å². The van der Waals surface area contributed by atoms with E-state index < -0.39 is 0 Å². The summed E-state index contributed by atoms with van der Waals surface area (Å²) in [6, 6.07) is 20.6. The maximum Gasteiger partial charge on any atom is 0.127 e. The number of halogens is 2. The van der Waals surface area contributed by atoms with Gasteiger partial charge in [0, 0.05) is 11.4 Å². The van der Waals surface area contributed by atoms with Crippen LogP contribution < -0.4 is 10.6 Å². The lowest BCUT2D eigenvalue weighted by Gasteiger charge is -2.28. The summed E-state index contributed by atoms with van der Waals surface area (Å²) in [5.74, 6) is 0. The summed E-state index contributed by atoms with van der Waals surface area (Å²) in [7, 11) is 0. The van der Waals surface area contributed by atoms with Crippen LogP contribution in [0, 0.1) is 0 Å². The first kappa shape index (κ1) is 19.5. The Labute approximate surface area is 193 Å². The molecule has 2 N–H and O–H groups in total. The molecule has 140 valence electrons. The second-order valence-electron chi connectivity index (χ2n) is 6.76. The van der Waals surface area contributed by atoms with E-state index in [-0.39, 0.29) is 7.09 Å². The van der Waals surface area contributed by atoms with Gasteiger partial charge in [0.05, 0.1) is 0 Å². The average Bonchev–Trinajstić information content (AvgIpc) is 2.71. The van der Waals surface area contributed by atoms with Gasteiger partial charge in [-0.3, -0.25) is 0 Å². The van der Waals surface area contributed by atoms with Crippen LogP contribution >= 0.6 is 45.2 Å². The van der Waals surface area contributed by atoms with E-state index in [4.69, 9.17) is 0 Å². The summed E-state index contributed by atoms with van der Waals surface area (Å²) in [6.45, 7) is 0. The number of para-hydroxylation sites is 2. The highest BCUT2D eigenvalue weighted by Crippen LogP contribution is 2.34. The van der Waals surface area contributed by atoms with Crippen molar-refractivity contribution < 1.29 is 0 Å². The van der Waals surface area contributed by atoms with Crippen molar-refractivity contribution in [2.24, 2.45) is 0 Å². The molecule has 0 heterocycles. The summed E-state index contributed by atoms with van der Waals surface area (Å²) < 4.78 is -0.430. The van der Waals surface area contributed by atoms with E-state index in [2.05, 4.69) is 129 Å². The molecule has 2 aromatic carbocycles. The van der Waals surface area contributed by atoms with Crippen LogP contribution in [0.1, 0.15) is 0 Å². The summed E-state index contributed by atoms with van der Waals surface area (Å²) >= 11 is 4.88. The minimum Gasteiger partial charge on any atom is -0.365 e. The van der Waals surface area contributed by atoms with Crippen molar-refractivity contribution in [2.45, 2.75) is 7.09 Å². The first-order valence-corrected chi connectivity index (χ1v) is 11.2. The van der Waals surface area contributed by atoms with Crippen molar-refractivity contribution in [1.29, 1.82) is 0 Å². The van der Waals surface area contributed by atoms with Crippen LogP contribution in [0.2, 0.25) is 0 Å². The van der Waals surface area contributed by atoms with Gasteiger partial charge in [-0.25, -0.2) is 0 Å². The average molecular weight is 590 g/mol. The molecular formula is C24H20I2N2. The van der Waals surface area contributed by atoms with Gasteiger partial charge in [0.15, 0.2) is 0 Å². The van der Waals surface area contributed by atoms with E-state index in [0.717, 1.165) is 11.4 Å². The number of allylic oxidation sites excluding steroid dienone is 6. The number of hydrogen-bond donors (Lipinski definition) is 2. The Balaban J connectivity index is 1.47. The van der Waals surface area contributed by atoms with E-state index in [1.54, 1.807) is 0 Å². The molecule has 0 fully saturated rings. The summed E-state index contributed by atoms with van der Waals surface area (Å²) in [5.41, 5.74) is 4.66. The summed E-state index contributed by atoms with van der Waals surface area (Å²) in [4.78, 5) is 0. The number of rotatable bonds is 4. The van der Waals surface area contributed by atoms with Crippen molar-refractivity contribution in [3.05, 3.63) is 120 Å². The Morgan fingerprint density at radius 2 is 0.821 bits per heavy atom. The van der Waals surface area contributed by atoms with Crippen LogP contribution in [-0.2, 0) is 0 Å². The zero-order valence-electron chi connectivity index (χ0n) is 15.1. The SMILES string of the molecule is IC1(Nc2ccccc2)C=CC(=C2C=CC(I)(Nc3ccccc3)C=C2)C=C1. The third kappa shape index (κ3) is 4.78. The lowest BCUT2D eigenvalue weighted by molar-refractivity contribution is 1.05. The second kappa shape index (κ2) is 8.29. The van der Waals surface area contributed by atoms with Gasteiger partial charge in [-0.2, -0.15) is 0 Å². The normalized spacial score (nSPS) is 25.8. The molecule has 0 spiro atoms. The molecule has 0 aliphatic heterocycles. The third-order valence-corrected chi connectivity index (χ3v) is 6.55. The van der Waals surface area contributed by atoms with Gasteiger partial charge in [0.25, 0.3) is 0 Å². The Morgan fingerprint density at radius 3 is 1.14 bits per heavy atom. The van der Waals surface area contributed by atoms with Gasteiger partial charge in [-0.05, 0) is 105 Å². The van der Waals surface area contributed by atoms with E-state index in [1.807, 2.05) is 36.4 Å². The van der Waals surface area contributed by atoms with Gasteiger partial charge in [0.1, 0.15) is 7.09 Å². The third-order valence-electron chi connectivity index (χ3n) is 4.57. The highest BCUT2D eigenvalue weighted by molar-refractivity contribution is 14.1. The van der Waals surface area contributed by atoms with Crippen molar-refractivity contribution in [3.63, 3.8) is 0 Å². The Bertz CT molecular complexity index is 872. The van der Waals surface area contributed by atoms with E-state index in [1.165, 1.54) is 11.1 Å². The quantitative estimate of drug-likeness (QED) is 0.227. The molecule has 2 aliphatic carbocycles. The Morgan fingerprint density at radius 1 is 0.500 bits per heavy atom. The number of alkyl halides is 2. The molecule has 4 rings (SSSR count). The minimum absolute atomic E-state index is 0.215. The molecule has 0 aromatic heterocycles. The molecule has 2 aliphatic rings. The Hall–Kier alpha value is -1.80. The standard InChI is InChI=1S/C24H20I2N2/c25-23(27-21-7-3-1-4-8-21)15-11-19(12-16-23)20-13-17-24(26,18-14-20)28-22-9-5-2-6-10-22/h1-18,27-28H. The predicted octanol–water partition coefficient (Wildman–Crippen LogP) is 7.02. The van der Waals surface area contributed by atoms with E-state index in [9.17, 15) is 0 Å². The zero-order chi connectivity index (χ0) is 19.5. The molecule has 0 unspecified atom stereocenters. The lowest BCUT2D eigenvalue weighted by atomic mass is 9.96. The van der Waals surface area contributed by atoms with Crippen LogP contribution in [0.15, 0.2) is 120 Å². The Kier molecular flexibility index (Phi) is 5.78. The van der Waals surface area contributed by atoms with Gasteiger partial charge >= 0.3 is 0 Å². The van der Waals surface area contributed by atoms with Gasteiger partial charge in [-0.15, -0.1) is 0 Å². The molecular weight excluding hydrogens is 570 g/mol. The van der Waals surface area contributed by atoms with Crippen molar-refractivity contribution in [1.82, 2.24) is 0 Å². The molecule has 28 heavy (non-hydrogen) atoms. The fourth-order valence-electron chi connectivity index (χ4n) is 3.10. The summed E-state index contributed by atoms with van der Waals surface area (Å²) in [6.07, 6.45) is 17.6. The van der Waals surface area contributed by atoms with E-state index >= 15 is 0 Å². The van der Waals surface area contributed by atoms with Crippen LogP contribution in [0.25, 0.3) is 0 Å². The second-order valence-corrected chi connectivity index (χ2v) is 10.3. The monoisotopic (exact) mass is 590 g/mol. The first-order valence-electron chi connectivity index (χ1n) is 9.09. The van der Waals surface area contributed by atoms with Crippen LogP contribution in [0.5, 0.6) is 0 Å².